The van der Waals surface area contributed by atoms with Crippen LogP contribution in [0.25, 0.3) is 0 Å². The van der Waals surface area contributed by atoms with Crippen molar-refractivity contribution in [2.75, 3.05) is 26.9 Å². The normalized spacial score (nSPS) is 49.0. The lowest BCUT2D eigenvalue weighted by molar-refractivity contribution is -0.356. The van der Waals surface area contributed by atoms with Crippen molar-refractivity contribution < 1.29 is 73.3 Å². The highest BCUT2D eigenvalue weighted by molar-refractivity contribution is 5.34. The smallest absolute Gasteiger partial charge is 0.188 e. The number of rotatable bonds is 10. The summed E-state index contributed by atoms with van der Waals surface area (Å²) >= 11 is 0. The Labute approximate surface area is 293 Å². The molecular weight excluding hydrogens is 682 g/mol. The van der Waals surface area contributed by atoms with Gasteiger partial charge >= 0.3 is 0 Å². The number of para-hydroxylation sites is 1. The number of nitrogens with two attached hydrogens (primary N) is 5. The molecule has 0 spiro atoms. The van der Waals surface area contributed by atoms with Gasteiger partial charge in [0.15, 0.2) is 25.2 Å². The van der Waals surface area contributed by atoms with E-state index in [1.807, 2.05) is 0 Å². The monoisotopic (exact) mass is 733 g/mol. The van der Waals surface area contributed by atoms with Gasteiger partial charge in [0, 0.05) is 24.2 Å². The molecule has 5 fully saturated rings. The fraction of sp³-hybridized carbons (Fsp3) is 0.806. The van der Waals surface area contributed by atoms with Gasteiger partial charge in [-0.2, -0.15) is 0 Å². The average molecular weight is 734 g/mol. The second-order valence-corrected chi connectivity index (χ2v) is 13.5. The summed E-state index contributed by atoms with van der Waals surface area (Å²) in [5.74, 6) is 0.538. The van der Waals surface area contributed by atoms with E-state index in [1.54, 1.807) is 24.3 Å². The molecule has 1 aliphatic carbocycles. The van der Waals surface area contributed by atoms with Crippen LogP contribution in [0.4, 0.5) is 0 Å². The highest BCUT2D eigenvalue weighted by atomic mass is 16.8. The predicted octanol–water partition coefficient (Wildman–Crippen LogP) is -6.09. The van der Waals surface area contributed by atoms with Crippen molar-refractivity contribution in [3.05, 3.63) is 29.8 Å². The summed E-state index contributed by atoms with van der Waals surface area (Å²) in [6.07, 6.45) is -19.8. The Balaban J connectivity index is 1.14. The van der Waals surface area contributed by atoms with Crippen LogP contribution in [-0.2, 0) is 37.9 Å². The number of methoxy groups -OCH3 is 1. The van der Waals surface area contributed by atoms with Gasteiger partial charge in [-0.05, 0) is 12.5 Å². The minimum Gasteiger partial charge on any atom is -0.496 e. The van der Waals surface area contributed by atoms with Crippen molar-refractivity contribution >= 4 is 0 Å². The van der Waals surface area contributed by atoms with Gasteiger partial charge in [0.25, 0.3) is 0 Å². The van der Waals surface area contributed by atoms with E-state index in [1.165, 1.54) is 7.11 Å². The van der Waals surface area contributed by atoms with Gasteiger partial charge in [0.1, 0.15) is 72.9 Å². The van der Waals surface area contributed by atoms with Gasteiger partial charge in [-0.3, -0.25) is 0 Å². The van der Waals surface area contributed by atoms with Crippen molar-refractivity contribution in [1.82, 2.24) is 0 Å². The molecule has 2 unspecified atom stereocenters. The number of aliphatic hydroxyl groups excluding tert-OH is 6. The lowest BCUT2D eigenvalue weighted by Gasteiger charge is -2.49. The van der Waals surface area contributed by atoms with Crippen molar-refractivity contribution in [3.63, 3.8) is 0 Å². The number of hydrogen-bond donors (Lipinski definition) is 11. The lowest BCUT2D eigenvalue weighted by Crippen LogP contribution is -2.69. The highest BCUT2D eigenvalue weighted by Gasteiger charge is 2.55. The molecule has 20 nitrogen and oxygen atoms in total. The molecule has 20 heteroatoms. The zero-order chi connectivity index (χ0) is 36.7. The SMILES string of the molecule is COc1ccccc1C1OC[C@H]2O[C@H](O[C@H]3[C@H](O[C@@H]4O[C@H](CO)[C@@H](O[C@H]5OC(CN)[C@@H](O)[C@H](O)[C@H]5N)[C@H]4O)[C@@H](O)[C@H](N)C[C@@H]3N)[C@H](N)[C@@H](O)[C@@H]2O1. The Morgan fingerprint density at radius 1 is 0.706 bits per heavy atom. The van der Waals surface area contributed by atoms with Gasteiger partial charge in [-0.25, -0.2) is 0 Å². The molecule has 5 aliphatic rings. The zero-order valence-electron chi connectivity index (χ0n) is 27.9. The molecule has 4 saturated heterocycles. The van der Waals surface area contributed by atoms with E-state index in [-0.39, 0.29) is 19.6 Å². The van der Waals surface area contributed by atoms with Crippen LogP contribution in [0.3, 0.4) is 0 Å². The molecule has 0 radical (unpaired) electrons. The number of aliphatic hydroxyl groups is 6. The Morgan fingerprint density at radius 2 is 1.35 bits per heavy atom. The molecule has 0 aromatic heterocycles. The van der Waals surface area contributed by atoms with Gasteiger partial charge in [-0.1, -0.05) is 18.2 Å². The molecule has 0 amide bonds. The molecule has 1 aromatic rings. The van der Waals surface area contributed by atoms with E-state index in [2.05, 4.69) is 0 Å². The first-order valence-electron chi connectivity index (χ1n) is 16.9. The Bertz CT molecular complexity index is 1290. The van der Waals surface area contributed by atoms with Crippen molar-refractivity contribution in [1.29, 1.82) is 0 Å². The molecular formula is C31H51N5O15. The summed E-state index contributed by atoms with van der Waals surface area (Å²) in [5.41, 5.74) is 31.4. The fourth-order valence-electron chi connectivity index (χ4n) is 7.23. The van der Waals surface area contributed by atoms with Crippen LogP contribution in [0, 0.1) is 0 Å². The van der Waals surface area contributed by atoms with Gasteiger partial charge in [0.05, 0.1) is 38.5 Å². The maximum atomic E-state index is 11.3. The Hall–Kier alpha value is -1.74. The summed E-state index contributed by atoms with van der Waals surface area (Å²) in [5, 5.41) is 64.5. The third kappa shape index (κ3) is 7.64. The molecule has 51 heavy (non-hydrogen) atoms. The van der Waals surface area contributed by atoms with Gasteiger partial charge < -0.3 is 102 Å². The average Bonchev–Trinajstić information content (AvgIpc) is 3.43. The van der Waals surface area contributed by atoms with Gasteiger partial charge in [-0.15, -0.1) is 0 Å². The molecule has 6 rings (SSSR count). The Morgan fingerprint density at radius 3 is 2.06 bits per heavy atom. The van der Waals surface area contributed by atoms with Crippen molar-refractivity contribution in [2.24, 2.45) is 28.7 Å². The van der Waals surface area contributed by atoms with Crippen LogP contribution in [0.5, 0.6) is 5.75 Å². The van der Waals surface area contributed by atoms with Crippen LogP contribution < -0.4 is 33.4 Å². The lowest BCUT2D eigenvalue weighted by atomic mass is 9.84. The largest absolute Gasteiger partial charge is 0.496 e. The van der Waals surface area contributed by atoms with Crippen molar-refractivity contribution in [3.8, 4) is 5.75 Å². The maximum absolute atomic E-state index is 11.3. The van der Waals surface area contributed by atoms with E-state index < -0.39 is 129 Å². The summed E-state index contributed by atoms with van der Waals surface area (Å²) in [4.78, 5) is 0. The molecule has 1 saturated carbocycles. The minimum absolute atomic E-state index is 0.00357. The first kappa shape index (κ1) is 39.0. The topological polar surface area (TPSA) is 335 Å². The van der Waals surface area contributed by atoms with E-state index >= 15 is 0 Å². The summed E-state index contributed by atoms with van der Waals surface area (Å²) in [7, 11) is 1.52. The van der Waals surface area contributed by atoms with Crippen LogP contribution >= 0.6 is 0 Å². The summed E-state index contributed by atoms with van der Waals surface area (Å²) in [6, 6.07) is 3.02. The summed E-state index contributed by atoms with van der Waals surface area (Å²) < 4.78 is 53.1. The fourth-order valence-corrected chi connectivity index (χ4v) is 7.23. The second kappa shape index (κ2) is 16.3. The number of ether oxygens (including phenoxy) is 9. The maximum Gasteiger partial charge on any atom is 0.188 e. The number of fused-ring (bicyclic) bond motifs is 1. The van der Waals surface area contributed by atoms with Gasteiger partial charge in [0.2, 0.25) is 0 Å². The van der Waals surface area contributed by atoms with Crippen LogP contribution in [-0.4, -0.2) is 174 Å². The van der Waals surface area contributed by atoms with E-state index in [4.69, 9.17) is 71.3 Å². The second-order valence-electron chi connectivity index (χ2n) is 13.5. The molecule has 4 aliphatic heterocycles. The third-order valence-electron chi connectivity index (χ3n) is 10.2. The zero-order valence-corrected chi connectivity index (χ0v) is 27.9. The van der Waals surface area contributed by atoms with E-state index in [9.17, 15) is 30.6 Å². The summed E-state index contributed by atoms with van der Waals surface area (Å²) in [6.45, 7) is -0.806. The van der Waals surface area contributed by atoms with Crippen LogP contribution in [0.2, 0.25) is 0 Å². The molecule has 20 atom stereocenters. The Kier molecular flexibility index (Phi) is 12.5. The molecule has 1 aromatic carbocycles. The van der Waals surface area contributed by atoms with E-state index in [0.717, 1.165) is 0 Å². The first-order chi connectivity index (χ1) is 24.4. The predicted molar refractivity (Wildman–Crippen MR) is 170 cm³/mol. The standard InChI is InChI=1S/C31H51N5O15/c1-43-13-5-3-2-4-10(13)28-44-9-16-26(49-28)22(41)18(36)30(47-16)48-24-12(34)6-11(33)19(38)27(24)51-31-23(42)25(15(8-37)46-31)50-29-17(35)21(40)20(39)14(7-32)45-29/h2-5,11-12,14-31,37-42H,6-9,32-36H2,1H3/t11-,12+,14?,15-,16-,17-,18-,19+,20-,21-,22-,23-,24-,25-,26-,27-,28?,29-,30-,31+/m1/s1. The minimum atomic E-state index is -1.61. The van der Waals surface area contributed by atoms with E-state index in [0.29, 0.717) is 11.3 Å². The molecule has 4 heterocycles. The third-order valence-corrected chi connectivity index (χ3v) is 10.2. The van der Waals surface area contributed by atoms with Crippen molar-refractivity contribution in [2.45, 2.75) is 129 Å². The quantitative estimate of drug-likeness (QED) is 0.107. The highest BCUT2D eigenvalue weighted by Crippen LogP contribution is 2.39. The molecule has 16 N–H and O–H groups in total. The molecule has 0 bridgehead atoms. The first-order valence-corrected chi connectivity index (χ1v) is 16.9. The van der Waals surface area contributed by atoms with Crippen LogP contribution in [0.1, 0.15) is 18.3 Å². The number of hydrogen-bond acceptors (Lipinski definition) is 20. The number of benzene rings is 1. The van der Waals surface area contributed by atoms with Crippen LogP contribution in [0.15, 0.2) is 24.3 Å². The molecule has 290 valence electrons.